The molecular formula is C10H11NO4. The number of aliphatic carboxylic acids is 1. The molecular weight excluding hydrogens is 198 g/mol. The van der Waals surface area contributed by atoms with E-state index in [1.165, 1.54) is 17.9 Å². The third kappa shape index (κ3) is 1.26. The van der Waals surface area contributed by atoms with Crippen LogP contribution in [-0.2, 0) is 14.4 Å². The minimum atomic E-state index is -1.10. The number of amides is 1. The van der Waals surface area contributed by atoms with E-state index in [1.807, 2.05) is 0 Å². The Morgan fingerprint density at radius 2 is 2.20 bits per heavy atom. The number of β-lactam (4-membered cyclic amide) rings is 1. The highest BCUT2D eigenvalue weighted by atomic mass is 16.4. The van der Waals surface area contributed by atoms with Gasteiger partial charge in [-0.25, -0.2) is 4.79 Å². The third-order valence-corrected chi connectivity index (χ3v) is 2.94. The fraction of sp³-hybridized carbons (Fsp3) is 0.500. The van der Waals surface area contributed by atoms with Crippen molar-refractivity contribution in [1.82, 2.24) is 4.90 Å². The van der Waals surface area contributed by atoms with Gasteiger partial charge in [0.1, 0.15) is 17.4 Å². The zero-order chi connectivity index (χ0) is 11.2. The zero-order valence-electron chi connectivity index (χ0n) is 8.27. The van der Waals surface area contributed by atoms with Gasteiger partial charge in [-0.1, -0.05) is 6.08 Å². The molecule has 80 valence electrons. The molecule has 2 heterocycles. The number of carbonyl (C=O) groups excluding carboxylic acids is 2. The number of carbonyl (C=O) groups is 3. The summed E-state index contributed by atoms with van der Waals surface area (Å²) in [4.78, 5) is 34.8. The minimum Gasteiger partial charge on any atom is -0.477 e. The quantitative estimate of drug-likeness (QED) is 0.519. The summed E-state index contributed by atoms with van der Waals surface area (Å²) in [5.74, 6) is -2.27. The van der Waals surface area contributed by atoms with Gasteiger partial charge in [0.25, 0.3) is 0 Å². The molecule has 0 radical (unpaired) electrons. The van der Waals surface area contributed by atoms with Crippen LogP contribution in [0.5, 0.6) is 0 Å². The van der Waals surface area contributed by atoms with Crippen molar-refractivity contribution in [3.05, 3.63) is 11.8 Å². The Hall–Kier alpha value is -1.65. The number of carboxylic acid groups (broad SMARTS) is 1. The zero-order valence-corrected chi connectivity index (χ0v) is 8.27. The number of hydrogen-bond donors (Lipinski definition) is 1. The molecule has 0 aliphatic carbocycles. The molecule has 1 amide bonds. The maximum atomic E-state index is 11.6. The molecule has 0 spiro atoms. The highest BCUT2D eigenvalue weighted by Crippen LogP contribution is 2.37. The lowest BCUT2D eigenvalue weighted by molar-refractivity contribution is -0.162. The first-order chi connectivity index (χ1) is 7.04. The second kappa shape index (κ2) is 3.18. The summed E-state index contributed by atoms with van der Waals surface area (Å²) < 4.78 is 0. The van der Waals surface area contributed by atoms with Crippen LogP contribution in [0.1, 0.15) is 19.8 Å². The molecule has 5 heteroatoms. The number of Topliss-reactive ketones (excluding diaryl/α,β-unsaturated/α-hetero) is 1. The SMILES string of the molecule is CC(=O)C1C(=O)N2C(C(=O)O)=CCC[C@@H]12. The van der Waals surface area contributed by atoms with Crippen LogP contribution in [-0.4, -0.2) is 33.7 Å². The van der Waals surface area contributed by atoms with Gasteiger partial charge in [-0.2, -0.15) is 0 Å². The van der Waals surface area contributed by atoms with Gasteiger partial charge < -0.3 is 10.0 Å². The van der Waals surface area contributed by atoms with E-state index < -0.39 is 11.9 Å². The summed E-state index contributed by atoms with van der Waals surface area (Å²) >= 11 is 0. The topological polar surface area (TPSA) is 74.7 Å². The van der Waals surface area contributed by atoms with Gasteiger partial charge in [0.05, 0.1) is 6.04 Å². The predicted octanol–water partition coefficient (Wildman–Crippen LogP) is 0.165. The molecule has 2 atom stereocenters. The van der Waals surface area contributed by atoms with Gasteiger partial charge in [-0.3, -0.25) is 9.59 Å². The monoisotopic (exact) mass is 209 g/mol. The average molecular weight is 209 g/mol. The standard InChI is InChI=1S/C10H11NO4/c1-5(12)8-6-3-2-4-7(10(14)15)11(6)9(8)13/h4,6,8H,2-3H2,1H3,(H,14,15)/t6-,8?/m0/s1. The first kappa shape index (κ1) is 9.89. The van der Waals surface area contributed by atoms with Crippen LogP contribution in [0.4, 0.5) is 0 Å². The molecule has 2 aliphatic heterocycles. The first-order valence-corrected chi connectivity index (χ1v) is 4.81. The summed E-state index contributed by atoms with van der Waals surface area (Å²) in [5.41, 5.74) is 0.0220. The molecule has 5 nitrogen and oxygen atoms in total. The van der Waals surface area contributed by atoms with E-state index in [4.69, 9.17) is 5.11 Å². The summed E-state index contributed by atoms with van der Waals surface area (Å²) in [5, 5.41) is 8.86. The Bertz CT molecular complexity index is 385. The second-order valence-electron chi connectivity index (χ2n) is 3.84. The minimum absolute atomic E-state index is 0.0220. The smallest absolute Gasteiger partial charge is 0.352 e. The predicted molar refractivity (Wildman–Crippen MR) is 49.8 cm³/mol. The van der Waals surface area contributed by atoms with Crippen molar-refractivity contribution in [3.8, 4) is 0 Å². The molecule has 2 aliphatic rings. The van der Waals surface area contributed by atoms with Gasteiger partial charge in [-0.15, -0.1) is 0 Å². The van der Waals surface area contributed by atoms with Crippen molar-refractivity contribution in [1.29, 1.82) is 0 Å². The number of hydrogen-bond acceptors (Lipinski definition) is 3. The highest BCUT2D eigenvalue weighted by molar-refractivity contribution is 6.09. The van der Waals surface area contributed by atoms with Gasteiger partial charge in [0.15, 0.2) is 0 Å². The van der Waals surface area contributed by atoms with Gasteiger partial charge in [0, 0.05) is 0 Å². The van der Waals surface area contributed by atoms with Crippen molar-refractivity contribution in [3.63, 3.8) is 0 Å². The lowest BCUT2D eigenvalue weighted by Crippen LogP contribution is -2.64. The Labute approximate surface area is 86.4 Å². The Kier molecular flexibility index (Phi) is 2.10. The van der Waals surface area contributed by atoms with Gasteiger partial charge >= 0.3 is 5.97 Å². The maximum absolute atomic E-state index is 11.6. The number of nitrogens with zero attached hydrogens (tertiary/aromatic N) is 1. The normalized spacial score (nSPS) is 29.0. The molecule has 2 rings (SSSR count). The van der Waals surface area contributed by atoms with E-state index in [2.05, 4.69) is 0 Å². The van der Waals surface area contributed by atoms with Crippen molar-refractivity contribution >= 4 is 17.7 Å². The molecule has 1 unspecified atom stereocenters. The molecule has 1 fully saturated rings. The molecule has 0 aromatic rings. The van der Waals surface area contributed by atoms with Crippen LogP contribution in [0.3, 0.4) is 0 Å². The van der Waals surface area contributed by atoms with E-state index in [1.54, 1.807) is 0 Å². The number of fused-ring (bicyclic) bond motifs is 1. The number of ketones is 1. The van der Waals surface area contributed by atoms with Crippen molar-refractivity contribution in [2.45, 2.75) is 25.8 Å². The van der Waals surface area contributed by atoms with Crippen molar-refractivity contribution in [2.75, 3.05) is 0 Å². The van der Waals surface area contributed by atoms with Gasteiger partial charge in [-0.05, 0) is 19.8 Å². The molecule has 0 bridgehead atoms. The van der Waals surface area contributed by atoms with Crippen LogP contribution in [0.25, 0.3) is 0 Å². The first-order valence-electron chi connectivity index (χ1n) is 4.81. The number of allylic oxidation sites excluding steroid dienone is 1. The Balaban J connectivity index is 2.26. The van der Waals surface area contributed by atoms with E-state index in [0.717, 1.165) is 0 Å². The largest absolute Gasteiger partial charge is 0.477 e. The lowest BCUT2D eigenvalue weighted by atomic mass is 9.79. The van der Waals surface area contributed by atoms with E-state index >= 15 is 0 Å². The van der Waals surface area contributed by atoms with Crippen molar-refractivity contribution in [2.24, 2.45) is 5.92 Å². The Morgan fingerprint density at radius 1 is 1.53 bits per heavy atom. The molecule has 0 aromatic carbocycles. The van der Waals surface area contributed by atoms with E-state index in [-0.39, 0.29) is 23.4 Å². The van der Waals surface area contributed by atoms with Crippen LogP contribution >= 0.6 is 0 Å². The molecule has 15 heavy (non-hydrogen) atoms. The Morgan fingerprint density at radius 3 is 2.73 bits per heavy atom. The fourth-order valence-electron chi connectivity index (χ4n) is 2.26. The van der Waals surface area contributed by atoms with Gasteiger partial charge in [0.2, 0.25) is 5.91 Å². The fourth-order valence-corrected chi connectivity index (χ4v) is 2.26. The third-order valence-electron chi connectivity index (χ3n) is 2.94. The van der Waals surface area contributed by atoms with Crippen LogP contribution < -0.4 is 0 Å². The number of carboxylic acids is 1. The van der Waals surface area contributed by atoms with E-state index in [0.29, 0.717) is 12.8 Å². The average Bonchev–Trinajstić information content (AvgIpc) is 2.15. The summed E-state index contributed by atoms with van der Waals surface area (Å²) in [6.45, 7) is 1.37. The second-order valence-corrected chi connectivity index (χ2v) is 3.84. The van der Waals surface area contributed by atoms with Crippen LogP contribution in [0.15, 0.2) is 11.8 Å². The molecule has 1 N–H and O–H groups in total. The summed E-state index contributed by atoms with van der Waals surface area (Å²) in [6.07, 6.45) is 2.82. The van der Waals surface area contributed by atoms with Crippen molar-refractivity contribution < 1.29 is 19.5 Å². The lowest BCUT2D eigenvalue weighted by Gasteiger charge is -2.48. The van der Waals surface area contributed by atoms with Crippen LogP contribution in [0.2, 0.25) is 0 Å². The summed E-state index contributed by atoms with van der Waals surface area (Å²) in [7, 11) is 0. The maximum Gasteiger partial charge on any atom is 0.352 e. The molecule has 0 aromatic heterocycles. The summed E-state index contributed by atoms with van der Waals surface area (Å²) in [6, 6.07) is -0.230. The number of rotatable bonds is 2. The van der Waals surface area contributed by atoms with E-state index in [9.17, 15) is 14.4 Å². The molecule has 0 saturated carbocycles. The highest BCUT2D eigenvalue weighted by Gasteiger charge is 2.53. The van der Waals surface area contributed by atoms with Crippen LogP contribution in [0, 0.1) is 5.92 Å². The molecule has 1 saturated heterocycles.